The van der Waals surface area contributed by atoms with Gasteiger partial charge in [-0.2, -0.15) is 8.78 Å². The lowest BCUT2D eigenvalue weighted by Crippen LogP contribution is -3.28. The van der Waals surface area contributed by atoms with Gasteiger partial charge in [-0.3, -0.25) is 4.79 Å². The van der Waals surface area contributed by atoms with Crippen molar-refractivity contribution in [2.45, 2.75) is 19.6 Å². The summed E-state index contributed by atoms with van der Waals surface area (Å²) in [6.45, 7) is 2.90. The minimum absolute atomic E-state index is 0.0233. The molecule has 2 aliphatic heterocycles. The number of amides is 1. The van der Waals surface area contributed by atoms with Crippen molar-refractivity contribution in [2.75, 3.05) is 44.6 Å². The zero-order valence-electron chi connectivity index (χ0n) is 16.8. The average Bonchev–Trinajstić information content (AvgIpc) is 3.18. The number of rotatable bonds is 7. The molecule has 3 N–H and O–H groups in total. The van der Waals surface area contributed by atoms with Crippen molar-refractivity contribution in [2.24, 2.45) is 0 Å². The molecule has 0 spiro atoms. The molecule has 2 aromatic carbocycles. The van der Waals surface area contributed by atoms with E-state index in [0.717, 1.165) is 51.5 Å². The first-order chi connectivity index (χ1) is 14.6. The van der Waals surface area contributed by atoms with Gasteiger partial charge in [0.25, 0.3) is 5.91 Å². The van der Waals surface area contributed by atoms with Gasteiger partial charge in [0, 0.05) is 12.0 Å². The van der Waals surface area contributed by atoms with Crippen molar-refractivity contribution < 1.29 is 32.8 Å². The summed E-state index contributed by atoms with van der Waals surface area (Å²) in [5, 5.41) is 2.70. The molecule has 1 amide bonds. The lowest BCUT2D eigenvalue weighted by atomic mass is 10.1. The summed E-state index contributed by atoms with van der Waals surface area (Å²) in [4.78, 5) is 15.1. The highest BCUT2D eigenvalue weighted by molar-refractivity contribution is 5.92. The van der Waals surface area contributed by atoms with Gasteiger partial charge in [-0.25, -0.2) is 0 Å². The van der Waals surface area contributed by atoms with Gasteiger partial charge >= 0.3 is 6.61 Å². The minimum Gasteiger partial charge on any atom is -0.493 e. The highest BCUT2D eigenvalue weighted by Gasteiger charge is 2.26. The zero-order valence-corrected chi connectivity index (χ0v) is 16.8. The smallest absolute Gasteiger partial charge is 0.387 e. The first kappa shape index (κ1) is 20.6. The van der Waals surface area contributed by atoms with Crippen LogP contribution in [0.3, 0.4) is 0 Å². The van der Waals surface area contributed by atoms with Crippen LogP contribution in [0.2, 0.25) is 0 Å². The maximum atomic E-state index is 12.5. The van der Waals surface area contributed by atoms with E-state index in [1.165, 1.54) is 27.0 Å². The number of anilines is 1. The van der Waals surface area contributed by atoms with Crippen molar-refractivity contribution in [3.05, 3.63) is 53.6 Å². The van der Waals surface area contributed by atoms with Crippen LogP contribution in [0.4, 0.5) is 14.5 Å². The van der Waals surface area contributed by atoms with Crippen LogP contribution in [0, 0.1) is 0 Å². The molecule has 4 rings (SSSR count). The number of nitrogens with one attached hydrogen (secondary N) is 3. The van der Waals surface area contributed by atoms with Crippen LogP contribution in [-0.4, -0.2) is 51.8 Å². The molecular formula is C22H27F2N3O3+2. The monoisotopic (exact) mass is 419 g/mol. The molecule has 0 aromatic heterocycles. The van der Waals surface area contributed by atoms with Gasteiger partial charge in [0.05, 0.1) is 12.3 Å². The molecule has 2 aliphatic rings. The van der Waals surface area contributed by atoms with Crippen LogP contribution < -0.4 is 24.6 Å². The van der Waals surface area contributed by atoms with Crippen LogP contribution >= 0.6 is 0 Å². The highest BCUT2D eigenvalue weighted by Crippen LogP contribution is 2.26. The van der Waals surface area contributed by atoms with Gasteiger partial charge in [0.2, 0.25) is 0 Å². The minimum atomic E-state index is -2.93. The number of hydrogen-bond donors (Lipinski definition) is 3. The Labute approximate surface area is 174 Å². The van der Waals surface area contributed by atoms with Crippen LogP contribution in [0.15, 0.2) is 42.5 Å². The Morgan fingerprint density at radius 3 is 2.67 bits per heavy atom. The van der Waals surface area contributed by atoms with E-state index in [2.05, 4.69) is 28.3 Å². The number of ether oxygens (including phenoxy) is 2. The van der Waals surface area contributed by atoms with Crippen LogP contribution in [0.25, 0.3) is 0 Å². The summed E-state index contributed by atoms with van der Waals surface area (Å²) in [5.41, 5.74) is 2.89. The number of alkyl halides is 2. The number of benzene rings is 2. The third-order valence-corrected chi connectivity index (χ3v) is 5.66. The van der Waals surface area contributed by atoms with E-state index >= 15 is 0 Å². The normalized spacial score (nSPS) is 20.5. The van der Waals surface area contributed by atoms with Crippen molar-refractivity contribution in [1.82, 2.24) is 0 Å². The summed E-state index contributed by atoms with van der Waals surface area (Å²) < 4.78 is 35.1. The first-order valence-corrected chi connectivity index (χ1v) is 10.3. The number of fused-ring (bicyclic) bond motifs is 1. The Morgan fingerprint density at radius 2 is 1.87 bits per heavy atom. The third kappa shape index (κ3) is 5.25. The van der Waals surface area contributed by atoms with Crippen molar-refractivity contribution in [3.8, 4) is 11.5 Å². The van der Waals surface area contributed by atoms with Crippen molar-refractivity contribution >= 4 is 11.6 Å². The van der Waals surface area contributed by atoms with E-state index in [9.17, 15) is 13.6 Å². The zero-order chi connectivity index (χ0) is 20.9. The average molecular weight is 419 g/mol. The lowest BCUT2D eigenvalue weighted by molar-refractivity contribution is -1.02. The molecular weight excluding hydrogens is 392 g/mol. The van der Waals surface area contributed by atoms with E-state index < -0.39 is 6.61 Å². The van der Waals surface area contributed by atoms with Crippen LogP contribution in [0.1, 0.15) is 11.1 Å². The molecule has 0 bridgehead atoms. The van der Waals surface area contributed by atoms with Crippen LogP contribution in [0.5, 0.6) is 11.5 Å². The largest absolute Gasteiger partial charge is 0.493 e. The molecule has 30 heavy (non-hydrogen) atoms. The highest BCUT2D eigenvalue weighted by atomic mass is 19.3. The van der Waals surface area contributed by atoms with Crippen LogP contribution in [-0.2, 0) is 17.8 Å². The fraction of sp³-hybridized carbons (Fsp3) is 0.409. The summed E-state index contributed by atoms with van der Waals surface area (Å²) in [6, 6.07) is 12.7. The molecule has 0 radical (unpaired) electrons. The van der Waals surface area contributed by atoms with Gasteiger partial charge in [-0.05, 0) is 35.9 Å². The molecule has 0 saturated carbocycles. The van der Waals surface area contributed by atoms with E-state index in [1.807, 2.05) is 0 Å². The summed E-state index contributed by atoms with van der Waals surface area (Å²) >= 11 is 0. The quantitative estimate of drug-likeness (QED) is 0.599. The van der Waals surface area contributed by atoms with E-state index in [4.69, 9.17) is 4.74 Å². The van der Waals surface area contributed by atoms with Gasteiger partial charge < -0.3 is 24.6 Å². The molecule has 2 aromatic rings. The molecule has 0 atom stereocenters. The van der Waals surface area contributed by atoms with Crippen molar-refractivity contribution in [3.63, 3.8) is 0 Å². The Hall–Kier alpha value is -2.71. The van der Waals surface area contributed by atoms with E-state index in [-0.39, 0.29) is 17.3 Å². The Kier molecular flexibility index (Phi) is 6.44. The predicted octanol–water partition coefficient (Wildman–Crippen LogP) is 0.145. The summed E-state index contributed by atoms with van der Waals surface area (Å²) in [6.07, 6.45) is 0.983. The number of hydrogen-bond acceptors (Lipinski definition) is 3. The third-order valence-electron chi connectivity index (χ3n) is 5.66. The fourth-order valence-electron chi connectivity index (χ4n) is 4.14. The second-order valence-corrected chi connectivity index (χ2v) is 7.82. The SMILES string of the molecule is O=C(C[NH+]1CC[NH+](Cc2ccc3c(c2)CCO3)CC1)Nc1ccccc1OC(F)F. The lowest BCUT2D eigenvalue weighted by Gasteiger charge is -2.29. The van der Waals surface area contributed by atoms with Gasteiger partial charge in [0.1, 0.15) is 44.2 Å². The standard InChI is InChI=1S/C22H25F2N3O3/c23-22(24)30-20-4-2-1-3-18(20)25-21(28)15-27-10-8-26(9-11-27)14-16-5-6-19-17(13-16)7-12-29-19/h1-6,13,22H,7-12,14-15H2,(H,25,28)/p+2. The maximum absolute atomic E-state index is 12.5. The molecule has 0 unspecified atom stereocenters. The first-order valence-electron chi connectivity index (χ1n) is 10.3. The Morgan fingerprint density at radius 1 is 1.10 bits per heavy atom. The van der Waals surface area contributed by atoms with Gasteiger partial charge in [-0.15, -0.1) is 0 Å². The molecule has 6 nitrogen and oxygen atoms in total. The molecule has 160 valence electrons. The molecule has 2 heterocycles. The van der Waals surface area contributed by atoms with Gasteiger partial charge in [0.15, 0.2) is 6.54 Å². The number of carbonyl (C=O) groups excluding carboxylic acids is 1. The maximum Gasteiger partial charge on any atom is 0.387 e. The second kappa shape index (κ2) is 9.40. The number of halogens is 2. The molecule has 1 saturated heterocycles. The second-order valence-electron chi connectivity index (χ2n) is 7.82. The fourth-order valence-corrected chi connectivity index (χ4v) is 4.14. The summed E-state index contributed by atoms with van der Waals surface area (Å²) in [7, 11) is 0. The number of carbonyl (C=O) groups is 1. The number of piperazine rings is 1. The predicted molar refractivity (Wildman–Crippen MR) is 107 cm³/mol. The Bertz CT molecular complexity index is 886. The summed E-state index contributed by atoms with van der Waals surface area (Å²) in [5.74, 6) is 0.789. The molecule has 1 fully saturated rings. The number of quaternary nitrogens is 2. The van der Waals surface area contributed by atoms with E-state index in [0.29, 0.717) is 6.54 Å². The number of para-hydroxylation sites is 2. The molecule has 0 aliphatic carbocycles. The van der Waals surface area contributed by atoms with E-state index in [1.54, 1.807) is 18.2 Å². The van der Waals surface area contributed by atoms with Gasteiger partial charge in [-0.1, -0.05) is 12.1 Å². The van der Waals surface area contributed by atoms with Crippen molar-refractivity contribution in [1.29, 1.82) is 0 Å². The topological polar surface area (TPSA) is 56.4 Å². The Balaban J connectivity index is 1.24. The molecule has 8 heteroatoms.